The highest BCUT2D eigenvalue weighted by Crippen LogP contribution is 2.21. The first kappa shape index (κ1) is 15.4. The Morgan fingerprint density at radius 2 is 1.96 bits per heavy atom. The second kappa shape index (κ2) is 7.20. The van der Waals surface area contributed by atoms with Gasteiger partial charge in [0.2, 0.25) is 5.96 Å². The van der Waals surface area contributed by atoms with E-state index in [-0.39, 0.29) is 5.82 Å². The van der Waals surface area contributed by atoms with E-state index in [0.717, 1.165) is 22.2 Å². The molecule has 0 radical (unpaired) electrons. The number of nitrogens with one attached hydrogen (secondary N) is 2. The van der Waals surface area contributed by atoms with Crippen LogP contribution in [0.4, 0.5) is 10.1 Å². The average molecular weight is 318 g/mol. The molecule has 0 unspecified atom stereocenters. The summed E-state index contributed by atoms with van der Waals surface area (Å²) in [6, 6.07) is 15.5. The summed E-state index contributed by atoms with van der Waals surface area (Å²) in [4.78, 5) is 8.64. The molecule has 2 aromatic carbocycles. The molecule has 5 nitrogen and oxygen atoms in total. The van der Waals surface area contributed by atoms with E-state index in [1.54, 1.807) is 18.3 Å². The maximum Gasteiger partial charge on any atom is 0.209 e. The number of guanidine groups is 1. The molecule has 1 aromatic heterocycles. The van der Waals surface area contributed by atoms with Crippen molar-refractivity contribution < 1.29 is 4.39 Å². The largest absolute Gasteiger partial charge is 0.325 e. The summed E-state index contributed by atoms with van der Waals surface area (Å²) in [5, 5.41) is 15.5. The Kier molecular flexibility index (Phi) is 4.63. The monoisotopic (exact) mass is 318 g/mol. The second-order valence-electron chi connectivity index (χ2n) is 5.03. The Hall–Kier alpha value is -3.46. The summed E-state index contributed by atoms with van der Waals surface area (Å²) < 4.78 is 12.9. The zero-order valence-corrected chi connectivity index (χ0v) is 12.7. The standard InChI is InChI=1S/C18H14FN5/c19-14-8-6-13(7-9-14)11-22-18(23-12-20)24-17-5-1-4-16-15(17)3-2-10-21-16/h1-10H,11H2,(H2,22,23,24)/i19-1. The van der Waals surface area contributed by atoms with Crippen LogP contribution in [-0.2, 0) is 6.54 Å². The van der Waals surface area contributed by atoms with Gasteiger partial charge in [0.25, 0.3) is 0 Å². The van der Waals surface area contributed by atoms with Crippen LogP contribution in [0.1, 0.15) is 5.56 Å². The van der Waals surface area contributed by atoms with Crippen molar-refractivity contribution in [2.45, 2.75) is 6.54 Å². The van der Waals surface area contributed by atoms with Crippen LogP contribution in [0.2, 0.25) is 0 Å². The minimum absolute atomic E-state index is 0.292. The fourth-order valence-corrected chi connectivity index (χ4v) is 2.26. The fourth-order valence-electron chi connectivity index (χ4n) is 2.26. The molecule has 0 bridgehead atoms. The van der Waals surface area contributed by atoms with Gasteiger partial charge in [0.05, 0.1) is 17.7 Å². The first-order valence-corrected chi connectivity index (χ1v) is 7.31. The van der Waals surface area contributed by atoms with Crippen molar-refractivity contribution in [2.75, 3.05) is 5.32 Å². The molecule has 118 valence electrons. The molecular formula is C18H14FN5. The maximum atomic E-state index is 12.9. The molecule has 0 saturated heterocycles. The van der Waals surface area contributed by atoms with Crippen molar-refractivity contribution in [1.82, 2.24) is 10.3 Å². The maximum absolute atomic E-state index is 12.9. The summed E-state index contributed by atoms with van der Waals surface area (Å²) >= 11 is 0. The minimum Gasteiger partial charge on any atom is -0.325 e. The normalized spacial score (nSPS) is 11.1. The van der Waals surface area contributed by atoms with Crippen LogP contribution in [0.25, 0.3) is 10.9 Å². The second-order valence-corrected chi connectivity index (χ2v) is 5.03. The first-order chi connectivity index (χ1) is 11.8. The summed E-state index contributed by atoms with van der Waals surface area (Å²) in [5.41, 5.74) is 2.48. The molecule has 0 saturated carbocycles. The fraction of sp³-hybridized carbons (Fsp3) is 0.0556. The molecule has 0 amide bonds. The Bertz CT molecular complexity index is 907. The van der Waals surface area contributed by atoms with E-state index in [9.17, 15) is 4.39 Å². The third-order valence-electron chi connectivity index (χ3n) is 3.41. The molecule has 3 rings (SSSR count). The molecular weight excluding hydrogens is 304 g/mol. The number of aromatic nitrogens is 1. The number of pyridine rings is 1. The first-order valence-electron chi connectivity index (χ1n) is 7.31. The van der Waals surface area contributed by atoms with Gasteiger partial charge in [0, 0.05) is 11.6 Å². The zero-order valence-electron chi connectivity index (χ0n) is 12.7. The van der Waals surface area contributed by atoms with Gasteiger partial charge in [0.15, 0.2) is 6.19 Å². The van der Waals surface area contributed by atoms with Crippen LogP contribution < -0.4 is 10.6 Å². The molecule has 1 heterocycles. The Labute approximate surface area is 138 Å². The van der Waals surface area contributed by atoms with Gasteiger partial charge in [-0.15, -0.1) is 0 Å². The van der Waals surface area contributed by atoms with Crippen LogP contribution in [-0.4, -0.2) is 10.9 Å². The number of rotatable bonds is 3. The number of hydrogen-bond donors (Lipinski definition) is 2. The highest BCUT2D eigenvalue weighted by atomic mass is 18.2. The van der Waals surface area contributed by atoms with Gasteiger partial charge in [-0.1, -0.05) is 18.2 Å². The van der Waals surface area contributed by atoms with Crippen LogP contribution in [0.3, 0.4) is 0 Å². The lowest BCUT2D eigenvalue weighted by atomic mass is 10.2. The molecule has 0 aliphatic carbocycles. The van der Waals surface area contributed by atoms with Crippen LogP contribution in [0, 0.1) is 17.3 Å². The van der Waals surface area contributed by atoms with Crippen LogP contribution in [0.15, 0.2) is 65.8 Å². The van der Waals surface area contributed by atoms with E-state index in [4.69, 9.17) is 5.26 Å². The summed E-state index contributed by atoms with van der Waals surface area (Å²) in [6.45, 7) is 0.320. The zero-order chi connectivity index (χ0) is 16.8. The van der Waals surface area contributed by atoms with Gasteiger partial charge in [0.1, 0.15) is 5.82 Å². The molecule has 0 spiro atoms. The van der Waals surface area contributed by atoms with Crippen molar-refractivity contribution in [2.24, 2.45) is 4.99 Å². The van der Waals surface area contributed by atoms with Crippen molar-refractivity contribution in [3.63, 3.8) is 0 Å². The number of hydrogen-bond acceptors (Lipinski definition) is 3. The quantitative estimate of drug-likeness (QED) is 0.336. The summed E-state index contributed by atoms with van der Waals surface area (Å²) in [5.74, 6) is 0.0256. The highest BCUT2D eigenvalue weighted by molar-refractivity contribution is 6.02. The minimum atomic E-state index is -0.292. The van der Waals surface area contributed by atoms with E-state index < -0.39 is 0 Å². The SMILES string of the molecule is N#CNC(=NCc1ccc([18F])cc1)Nc1cccc2ncccc12. The van der Waals surface area contributed by atoms with E-state index in [1.165, 1.54) is 12.1 Å². The lowest BCUT2D eigenvalue weighted by Gasteiger charge is -2.10. The van der Waals surface area contributed by atoms with Crippen LogP contribution in [0.5, 0.6) is 0 Å². The average Bonchev–Trinajstić information content (AvgIpc) is 2.61. The van der Waals surface area contributed by atoms with E-state index in [2.05, 4.69) is 20.6 Å². The topological polar surface area (TPSA) is 73.1 Å². The number of anilines is 1. The number of halogens is 1. The van der Waals surface area contributed by atoms with Gasteiger partial charge in [-0.25, -0.2) is 9.38 Å². The lowest BCUT2D eigenvalue weighted by molar-refractivity contribution is 0.627. The molecule has 0 fully saturated rings. The molecule has 0 atom stereocenters. The number of nitrogens with zero attached hydrogens (tertiary/aromatic N) is 3. The predicted octanol–water partition coefficient (Wildman–Crippen LogP) is 3.41. The Balaban J connectivity index is 1.84. The Morgan fingerprint density at radius 1 is 1.12 bits per heavy atom. The lowest BCUT2D eigenvalue weighted by Crippen LogP contribution is -2.27. The number of nitriles is 1. The molecule has 6 heteroatoms. The summed E-state index contributed by atoms with van der Waals surface area (Å²) in [6.07, 6.45) is 3.59. The smallest absolute Gasteiger partial charge is 0.209 e. The number of aliphatic imine (C=N–C) groups is 1. The molecule has 0 aliphatic heterocycles. The number of fused-ring (bicyclic) bond motifs is 1. The predicted molar refractivity (Wildman–Crippen MR) is 91.7 cm³/mol. The third-order valence-corrected chi connectivity index (χ3v) is 3.41. The molecule has 2 N–H and O–H groups in total. The molecule has 24 heavy (non-hydrogen) atoms. The molecule has 3 aromatic rings. The van der Waals surface area contributed by atoms with Crippen molar-refractivity contribution in [3.05, 3.63) is 72.2 Å². The highest BCUT2D eigenvalue weighted by Gasteiger charge is 2.04. The van der Waals surface area contributed by atoms with Crippen molar-refractivity contribution in [1.29, 1.82) is 5.26 Å². The van der Waals surface area contributed by atoms with E-state index in [0.29, 0.717) is 12.5 Å². The van der Waals surface area contributed by atoms with Gasteiger partial charge < -0.3 is 5.32 Å². The Morgan fingerprint density at radius 3 is 2.75 bits per heavy atom. The van der Waals surface area contributed by atoms with E-state index >= 15 is 0 Å². The van der Waals surface area contributed by atoms with Crippen LogP contribution >= 0.6 is 0 Å². The van der Waals surface area contributed by atoms with Gasteiger partial charge in [-0.05, 0) is 42.0 Å². The summed E-state index contributed by atoms with van der Waals surface area (Å²) in [7, 11) is 0. The van der Waals surface area contributed by atoms with E-state index in [1.807, 2.05) is 36.5 Å². The van der Waals surface area contributed by atoms with Gasteiger partial charge in [-0.3, -0.25) is 10.3 Å². The van der Waals surface area contributed by atoms with Crippen molar-refractivity contribution in [3.8, 4) is 6.19 Å². The van der Waals surface area contributed by atoms with Gasteiger partial charge in [-0.2, -0.15) is 5.26 Å². The third kappa shape index (κ3) is 3.65. The van der Waals surface area contributed by atoms with Gasteiger partial charge >= 0.3 is 0 Å². The number of benzene rings is 2. The molecule has 0 aliphatic rings. The van der Waals surface area contributed by atoms with Crippen molar-refractivity contribution >= 4 is 22.5 Å².